The molecule has 2 aromatic heterocycles. The summed E-state index contributed by atoms with van der Waals surface area (Å²) in [6, 6.07) is 0. The van der Waals surface area contributed by atoms with Gasteiger partial charge in [-0.2, -0.15) is 0 Å². The van der Waals surface area contributed by atoms with E-state index in [4.69, 9.17) is 5.73 Å². The average Bonchev–Trinajstić information content (AvgIpc) is 2.55. The Hall–Kier alpha value is -1.03. The summed E-state index contributed by atoms with van der Waals surface area (Å²) < 4.78 is 2.01. The number of fused-ring (bicyclic) bond motifs is 1. The molecule has 0 aliphatic carbocycles. The van der Waals surface area contributed by atoms with Crippen molar-refractivity contribution in [2.45, 2.75) is 26.7 Å². The van der Waals surface area contributed by atoms with E-state index in [0.29, 0.717) is 5.92 Å². The Morgan fingerprint density at radius 1 is 1.54 bits per heavy atom. The number of nitrogen functional groups attached to an aromatic ring is 1. The summed E-state index contributed by atoms with van der Waals surface area (Å²) in [5.41, 5.74) is 8.17. The van der Waals surface area contributed by atoms with Crippen molar-refractivity contribution in [2.24, 2.45) is 0 Å². The van der Waals surface area contributed by atoms with Gasteiger partial charge in [0.05, 0.1) is 5.69 Å². The second-order valence-corrected chi connectivity index (χ2v) is 4.37. The molecule has 0 atom stereocenters. The molecular formula is C9H13N3S. The molecule has 2 N–H and O–H groups in total. The second kappa shape index (κ2) is 2.73. The standard InChI is InChI=1S/C9H13N3S/c1-5(2)7-8(10)12-6(3)4-13-9(12)11-7/h4-5H,10H2,1-3H3. The number of nitrogens with two attached hydrogens (primary N) is 1. The first-order valence-corrected chi connectivity index (χ1v) is 5.21. The summed E-state index contributed by atoms with van der Waals surface area (Å²) >= 11 is 1.64. The summed E-state index contributed by atoms with van der Waals surface area (Å²) in [5, 5.41) is 2.07. The van der Waals surface area contributed by atoms with Crippen LogP contribution >= 0.6 is 11.3 Å². The predicted octanol–water partition coefficient (Wildman–Crippen LogP) is 2.41. The molecule has 0 fully saturated rings. The Bertz CT molecular complexity index is 439. The fourth-order valence-electron chi connectivity index (χ4n) is 1.46. The van der Waals surface area contributed by atoms with Crippen molar-refractivity contribution in [1.29, 1.82) is 0 Å². The van der Waals surface area contributed by atoms with E-state index >= 15 is 0 Å². The summed E-state index contributed by atoms with van der Waals surface area (Å²) in [6.45, 7) is 6.27. The molecule has 0 amide bonds. The van der Waals surface area contributed by atoms with Crippen molar-refractivity contribution < 1.29 is 0 Å². The summed E-state index contributed by atoms with van der Waals surface area (Å²) in [7, 11) is 0. The van der Waals surface area contributed by atoms with Crippen LogP contribution in [0.5, 0.6) is 0 Å². The predicted molar refractivity (Wildman–Crippen MR) is 56.3 cm³/mol. The summed E-state index contributed by atoms with van der Waals surface area (Å²) in [5.74, 6) is 1.19. The lowest BCUT2D eigenvalue weighted by Crippen LogP contribution is -1.98. The molecule has 0 bridgehead atoms. The van der Waals surface area contributed by atoms with Crippen molar-refractivity contribution in [3.8, 4) is 0 Å². The Balaban J connectivity index is 2.75. The third-order valence-corrected chi connectivity index (χ3v) is 3.09. The van der Waals surface area contributed by atoms with Crippen LogP contribution in [0.2, 0.25) is 0 Å². The number of hydrogen-bond acceptors (Lipinski definition) is 3. The topological polar surface area (TPSA) is 43.3 Å². The molecule has 0 radical (unpaired) electrons. The number of aryl methyl sites for hydroxylation is 1. The zero-order valence-corrected chi connectivity index (χ0v) is 8.85. The van der Waals surface area contributed by atoms with Gasteiger partial charge in [0.25, 0.3) is 0 Å². The molecule has 2 aromatic rings. The minimum Gasteiger partial charge on any atom is -0.383 e. The van der Waals surface area contributed by atoms with E-state index in [1.54, 1.807) is 11.3 Å². The molecule has 0 spiro atoms. The minimum absolute atomic E-state index is 0.395. The summed E-state index contributed by atoms with van der Waals surface area (Å²) in [6.07, 6.45) is 0. The maximum Gasteiger partial charge on any atom is 0.195 e. The van der Waals surface area contributed by atoms with Gasteiger partial charge >= 0.3 is 0 Å². The lowest BCUT2D eigenvalue weighted by molar-refractivity contribution is 0.838. The quantitative estimate of drug-likeness (QED) is 0.759. The van der Waals surface area contributed by atoms with Crippen LogP contribution in [-0.4, -0.2) is 9.38 Å². The van der Waals surface area contributed by atoms with Crippen LogP contribution < -0.4 is 5.73 Å². The van der Waals surface area contributed by atoms with E-state index in [-0.39, 0.29) is 0 Å². The minimum atomic E-state index is 0.395. The lowest BCUT2D eigenvalue weighted by atomic mass is 10.1. The van der Waals surface area contributed by atoms with Crippen LogP contribution in [0.3, 0.4) is 0 Å². The van der Waals surface area contributed by atoms with Gasteiger partial charge in [-0.25, -0.2) is 4.98 Å². The van der Waals surface area contributed by atoms with Gasteiger partial charge in [-0.15, -0.1) is 11.3 Å². The zero-order chi connectivity index (χ0) is 9.59. The number of nitrogens with zero attached hydrogens (tertiary/aromatic N) is 2. The highest BCUT2D eigenvalue weighted by molar-refractivity contribution is 7.15. The van der Waals surface area contributed by atoms with Gasteiger partial charge in [0.15, 0.2) is 4.96 Å². The highest BCUT2D eigenvalue weighted by Gasteiger charge is 2.14. The Morgan fingerprint density at radius 3 is 2.77 bits per heavy atom. The number of imidazole rings is 1. The molecule has 0 aliphatic rings. The van der Waals surface area contributed by atoms with Gasteiger partial charge in [-0.1, -0.05) is 13.8 Å². The number of aromatic nitrogens is 2. The molecule has 0 saturated heterocycles. The van der Waals surface area contributed by atoms with Crippen molar-refractivity contribution in [3.05, 3.63) is 16.8 Å². The number of thiazole rings is 1. The maximum atomic E-state index is 5.99. The van der Waals surface area contributed by atoms with E-state index in [1.807, 2.05) is 11.3 Å². The fraction of sp³-hybridized carbons (Fsp3) is 0.444. The first kappa shape index (κ1) is 8.56. The largest absolute Gasteiger partial charge is 0.383 e. The normalized spacial score (nSPS) is 11.7. The smallest absolute Gasteiger partial charge is 0.195 e. The van der Waals surface area contributed by atoms with Crippen LogP contribution in [0.4, 0.5) is 5.82 Å². The van der Waals surface area contributed by atoms with Gasteiger partial charge in [0.2, 0.25) is 0 Å². The molecule has 0 unspecified atom stereocenters. The van der Waals surface area contributed by atoms with Crippen LogP contribution in [0.1, 0.15) is 31.2 Å². The van der Waals surface area contributed by atoms with Gasteiger partial charge in [-0.05, 0) is 12.8 Å². The molecule has 0 aliphatic heterocycles. The van der Waals surface area contributed by atoms with E-state index in [1.165, 1.54) is 0 Å². The number of anilines is 1. The van der Waals surface area contributed by atoms with Crippen molar-refractivity contribution in [3.63, 3.8) is 0 Å². The maximum absolute atomic E-state index is 5.99. The molecule has 0 saturated carbocycles. The van der Waals surface area contributed by atoms with Crippen LogP contribution in [0, 0.1) is 6.92 Å². The lowest BCUT2D eigenvalue weighted by Gasteiger charge is -2.01. The SMILES string of the molecule is Cc1csc2nc(C(C)C)c(N)n12. The molecule has 2 rings (SSSR count). The van der Waals surface area contributed by atoms with Crippen molar-refractivity contribution in [1.82, 2.24) is 9.38 Å². The van der Waals surface area contributed by atoms with E-state index in [9.17, 15) is 0 Å². The first-order valence-electron chi connectivity index (χ1n) is 4.33. The Morgan fingerprint density at radius 2 is 2.23 bits per heavy atom. The summed E-state index contributed by atoms with van der Waals surface area (Å²) in [4.78, 5) is 5.49. The van der Waals surface area contributed by atoms with Gasteiger partial charge in [-0.3, -0.25) is 4.40 Å². The van der Waals surface area contributed by atoms with E-state index < -0.39 is 0 Å². The van der Waals surface area contributed by atoms with Gasteiger partial charge in [0.1, 0.15) is 5.82 Å². The Kier molecular flexibility index (Phi) is 1.80. The molecule has 0 aromatic carbocycles. The second-order valence-electron chi connectivity index (χ2n) is 3.53. The van der Waals surface area contributed by atoms with Crippen LogP contribution in [0.25, 0.3) is 4.96 Å². The molecular weight excluding hydrogens is 182 g/mol. The highest BCUT2D eigenvalue weighted by Crippen LogP contribution is 2.26. The Labute approximate surface area is 81.2 Å². The van der Waals surface area contributed by atoms with Crippen LogP contribution in [0.15, 0.2) is 5.38 Å². The molecule has 13 heavy (non-hydrogen) atoms. The highest BCUT2D eigenvalue weighted by atomic mass is 32.1. The van der Waals surface area contributed by atoms with E-state index in [2.05, 4.69) is 24.2 Å². The number of rotatable bonds is 1. The number of hydrogen-bond donors (Lipinski definition) is 1. The third kappa shape index (κ3) is 1.13. The van der Waals surface area contributed by atoms with Crippen molar-refractivity contribution >= 4 is 22.1 Å². The van der Waals surface area contributed by atoms with Gasteiger partial charge < -0.3 is 5.73 Å². The fourth-order valence-corrected chi connectivity index (χ4v) is 2.34. The van der Waals surface area contributed by atoms with Crippen LogP contribution in [-0.2, 0) is 0 Å². The van der Waals surface area contributed by atoms with Crippen molar-refractivity contribution in [2.75, 3.05) is 5.73 Å². The third-order valence-electron chi connectivity index (χ3n) is 2.15. The molecule has 70 valence electrons. The average molecular weight is 195 g/mol. The van der Waals surface area contributed by atoms with E-state index in [0.717, 1.165) is 22.2 Å². The molecule has 4 heteroatoms. The zero-order valence-electron chi connectivity index (χ0n) is 8.03. The first-order chi connectivity index (χ1) is 6.11. The van der Waals surface area contributed by atoms with Gasteiger partial charge in [0, 0.05) is 11.1 Å². The molecule has 2 heterocycles. The molecule has 3 nitrogen and oxygen atoms in total. The monoisotopic (exact) mass is 195 g/mol.